The summed E-state index contributed by atoms with van der Waals surface area (Å²) < 4.78 is 13.7. The van der Waals surface area contributed by atoms with Crippen molar-refractivity contribution in [1.29, 1.82) is 0 Å². The molecular weight excluding hydrogens is 398 g/mol. The van der Waals surface area contributed by atoms with E-state index in [2.05, 4.69) is 10.4 Å². The minimum absolute atomic E-state index is 0.0596. The van der Waals surface area contributed by atoms with E-state index in [1.807, 2.05) is 33.7 Å². The molecule has 1 unspecified atom stereocenters. The first-order valence-corrected chi connectivity index (χ1v) is 10.9. The number of nitrogens with zero attached hydrogens (tertiary/aromatic N) is 4. The Morgan fingerprint density at radius 1 is 1.19 bits per heavy atom. The van der Waals surface area contributed by atoms with Crippen LogP contribution in [-0.4, -0.2) is 59.2 Å². The maximum atomic E-state index is 12.8. The number of piperidine rings is 1. The minimum atomic E-state index is -0.0837. The fourth-order valence-corrected chi connectivity index (χ4v) is 4.12. The molecule has 1 saturated carbocycles. The third-order valence-electron chi connectivity index (χ3n) is 5.99. The number of benzene rings is 1. The maximum absolute atomic E-state index is 12.8. The topological polar surface area (TPSA) is 90.6 Å². The molecule has 1 aromatic carbocycles. The molecule has 1 aliphatic heterocycles. The average molecular weight is 430 g/mol. The van der Waals surface area contributed by atoms with Crippen molar-refractivity contribution in [2.24, 2.45) is 0 Å². The van der Waals surface area contributed by atoms with Gasteiger partial charge in [0.1, 0.15) is 11.6 Å². The summed E-state index contributed by atoms with van der Waals surface area (Å²) in [5, 5.41) is 7.66. The molecule has 1 aliphatic carbocycles. The van der Waals surface area contributed by atoms with Gasteiger partial charge in [-0.15, -0.1) is 0 Å². The Morgan fingerprint density at radius 2 is 1.97 bits per heavy atom. The fraction of sp³-hybridized carbons (Fsp3) is 0.591. The van der Waals surface area contributed by atoms with Gasteiger partial charge >= 0.3 is 11.7 Å². The summed E-state index contributed by atoms with van der Waals surface area (Å²) in [7, 11) is 3.25. The molecule has 2 fully saturated rings. The summed E-state index contributed by atoms with van der Waals surface area (Å²) in [5.74, 6) is 1.68. The van der Waals surface area contributed by atoms with Gasteiger partial charge in [0.05, 0.1) is 20.3 Å². The molecule has 0 spiro atoms. The molecule has 4 rings (SSSR count). The van der Waals surface area contributed by atoms with Crippen molar-refractivity contribution in [2.75, 3.05) is 33.9 Å². The van der Waals surface area contributed by atoms with Crippen molar-refractivity contribution in [3.63, 3.8) is 0 Å². The average Bonchev–Trinajstić information content (AvgIpc) is 3.59. The lowest BCUT2D eigenvalue weighted by atomic mass is 9.97. The van der Waals surface area contributed by atoms with E-state index in [1.165, 1.54) is 4.68 Å². The second-order valence-corrected chi connectivity index (χ2v) is 8.25. The molecule has 9 heteroatoms. The molecule has 31 heavy (non-hydrogen) atoms. The van der Waals surface area contributed by atoms with Crippen molar-refractivity contribution in [1.82, 2.24) is 24.6 Å². The summed E-state index contributed by atoms with van der Waals surface area (Å²) >= 11 is 0. The third-order valence-corrected chi connectivity index (χ3v) is 5.99. The van der Waals surface area contributed by atoms with Crippen LogP contribution in [0, 0.1) is 0 Å². The van der Waals surface area contributed by atoms with Gasteiger partial charge in [-0.25, -0.2) is 14.3 Å². The van der Waals surface area contributed by atoms with E-state index in [0.29, 0.717) is 32.8 Å². The Morgan fingerprint density at radius 3 is 2.65 bits per heavy atom. The van der Waals surface area contributed by atoms with Crippen molar-refractivity contribution < 1.29 is 14.3 Å². The monoisotopic (exact) mass is 429 g/mol. The molecule has 2 heterocycles. The Kier molecular flexibility index (Phi) is 6.60. The van der Waals surface area contributed by atoms with Gasteiger partial charge in [-0.05, 0) is 43.4 Å². The Hall–Kier alpha value is -2.81. The molecule has 1 atom stereocenters. The number of ether oxygens (including phenoxy) is 2. The molecule has 2 aromatic rings. The summed E-state index contributed by atoms with van der Waals surface area (Å²) in [4.78, 5) is 27.5. The zero-order valence-electron chi connectivity index (χ0n) is 18.2. The van der Waals surface area contributed by atoms with Crippen LogP contribution in [0.4, 0.5) is 4.79 Å². The highest BCUT2D eigenvalue weighted by Crippen LogP contribution is 2.37. The standard InChI is InChI=1S/C22H31N5O4/c1-30-13-12-26-22(29)27(18-7-8-18)20(24-26)17-4-3-11-25(15-17)21(28)23-14-16-5-9-19(31-2)10-6-16/h5-6,9-10,17-18H,3-4,7-8,11-15H2,1-2H3,(H,23,28). The Balaban J connectivity index is 1.42. The Bertz CT molecular complexity index is 948. The number of methoxy groups -OCH3 is 2. The van der Waals surface area contributed by atoms with Crippen LogP contribution >= 0.6 is 0 Å². The smallest absolute Gasteiger partial charge is 0.346 e. The van der Waals surface area contributed by atoms with Gasteiger partial charge in [0.15, 0.2) is 0 Å². The number of aromatic nitrogens is 3. The second-order valence-electron chi connectivity index (χ2n) is 8.25. The lowest BCUT2D eigenvalue weighted by Gasteiger charge is -2.32. The second kappa shape index (κ2) is 9.55. The molecular formula is C22H31N5O4. The first kappa shape index (κ1) is 21.4. The maximum Gasteiger partial charge on any atom is 0.346 e. The molecule has 1 N–H and O–H groups in total. The third kappa shape index (κ3) is 4.92. The highest BCUT2D eigenvalue weighted by atomic mass is 16.5. The highest BCUT2D eigenvalue weighted by molar-refractivity contribution is 5.74. The molecule has 9 nitrogen and oxygen atoms in total. The van der Waals surface area contributed by atoms with E-state index < -0.39 is 0 Å². The quantitative estimate of drug-likeness (QED) is 0.694. The lowest BCUT2D eigenvalue weighted by Crippen LogP contribution is -2.45. The van der Waals surface area contributed by atoms with E-state index in [0.717, 1.165) is 42.8 Å². The number of nitrogens with one attached hydrogen (secondary N) is 1. The zero-order valence-corrected chi connectivity index (χ0v) is 18.2. The van der Waals surface area contributed by atoms with Gasteiger partial charge in [-0.1, -0.05) is 12.1 Å². The molecule has 1 aromatic heterocycles. The molecule has 0 radical (unpaired) electrons. The number of hydrogen-bond donors (Lipinski definition) is 1. The zero-order chi connectivity index (χ0) is 21.8. The van der Waals surface area contributed by atoms with Crippen molar-refractivity contribution in [3.8, 4) is 5.75 Å². The van der Waals surface area contributed by atoms with Crippen LogP contribution in [0.3, 0.4) is 0 Å². The highest BCUT2D eigenvalue weighted by Gasteiger charge is 2.35. The van der Waals surface area contributed by atoms with Crippen molar-refractivity contribution >= 4 is 6.03 Å². The first-order chi connectivity index (χ1) is 15.1. The van der Waals surface area contributed by atoms with Gasteiger partial charge in [0.2, 0.25) is 0 Å². The molecule has 1 saturated heterocycles. The molecule has 0 bridgehead atoms. The van der Waals surface area contributed by atoms with Gasteiger partial charge in [-0.3, -0.25) is 4.57 Å². The number of carbonyl (C=O) groups excluding carboxylic acids is 1. The van der Waals surface area contributed by atoms with Crippen molar-refractivity contribution in [2.45, 2.75) is 50.7 Å². The number of hydrogen-bond acceptors (Lipinski definition) is 5. The number of urea groups is 1. The van der Waals surface area contributed by atoms with Gasteiger partial charge in [0.25, 0.3) is 0 Å². The summed E-state index contributed by atoms with van der Waals surface area (Å²) in [6.45, 7) is 2.64. The van der Waals surface area contributed by atoms with Crippen LogP contribution < -0.4 is 15.7 Å². The summed E-state index contributed by atoms with van der Waals surface area (Å²) in [5.41, 5.74) is 0.956. The lowest BCUT2D eigenvalue weighted by molar-refractivity contribution is 0.176. The number of rotatable bonds is 8. The number of likely N-dealkylation sites (tertiary alicyclic amines) is 1. The van der Waals surface area contributed by atoms with E-state index >= 15 is 0 Å². The molecule has 2 amide bonds. The van der Waals surface area contributed by atoms with Crippen molar-refractivity contribution in [3.05, 3.63) is 46.1 Å². The predicted molar refractivity (Wildman–Crippen MR) is 115 cm³/mol. The summed E-state index contributed by atoms with van der Waals surface area (Å²) in [6.07, 6.45) is 3.85. The molecule has 2 aliphatic rings. The van der Waals surface area contributed by atoms with Crippen LogP contribution in [0.15, 0.2) is 29.1 Å². The van der Waals surface area contributed by atoms with Crippen LogP contribution in [-0.2, 0) is 17.8 Å². The first-order valence-electron chi connectivity index (χ1n) is 10.9. The van der Waals surface area contributed by atoms with Gasteiger partial charge in [-0.2, -0.15) is 5.10 Å². The van der Waals surface area contributed by atoms with E-state index in [1.54, 1.807) is 14.2 Å². The van der Waals surface area contributed by atoms with Crippen LogP contribution in [0.2, 0.25) is 0 Å². The van der Waals surface area contributed by atoms with E-state index in [4.69, 9.17) is 9.47 Å². The Labute approximate surface area is 181 Å². The number of carbonyl (C=O) groups is 1. The summed E-state index contributed by atoms with van der Waals surface area (Å²) in [6, 6.07) is 7.82. The van der Waals surface area contributed by atoms with Crippen LogP contribution in [0.1, 0.15) is 49.0 Å². The van der Waals surface area contributed by atoms with E-state index in [9.17, 15) is 9.59 Å². The predicted octanol–water partition coefficient (Wildman–Crippen LogP) is 2.12. The van der Waals surface area contributed by atoms with Crippen LogP contribution in [0.25, 0.3) is 0 Å². The largest absolute Gasteiger partial charge is 0.497 e. The van der Waals surface area contributed by atoms with Crippen LogP contribution in [0.5, 0.6) is 5.75 Å². The van der Waals surface area contributed by atoms with Gasteiger partial charge < -0.3 is 19.7 Å². The van der Waals surface area contributed by atoms with E-state index in [-0.39, 0.29) is 23.7 Å². The van der Waals surface area contributed by atoms with Gasteiger partial charge in [0, 0.05) is 38.7 Å². The normalized spacial score (nSPS) is 18.8. The minimum Gasteiger partial charge on any atom is -0.497 e. The molecule has 168 valence electrons. The number of amides is 2. The SMILES string of the molecule is COCCn1nc(C2CCCN(C(=O)NCc3ccc(OC)cc3)C2)n(C2CC2)c1=O. The fourth-order valence-electron chi connectivity index (χ4n) is 4.12.